The molecule has 6 heteroatoms. The topological polar surface area (TPSA) is 103 Å². The average molecular weight is 296 g/mol. The van der Waals surface area contributed by atoms with Gasteiger partial charge < -0.3 is 20.3 Å². The highest BCUT2D eigenvalue weighted by molar-refractivity contribution is 5.76. The van der Waals surface area contributed by atoms with Gasteiger partial charge in [-0.2, -0.15) is 5.26 Å². The molecule has 1 aliphatic carbocycles. The number of aliphatic hydroxyl groups is 2. The van der Waals surface area contributed by atoms with Gasteiger partial charge in [0.1, 0.15) is 5.92 Å². The molecule has 1 rings (SSSR count). The molecule has 0 aromatic carbocycles. The van der Waals surface area contributed by atoms with Crippen molar-refractivity contribution < 1.29 is 19.7 Å². The van der Waals surface area contributed by atoms with Gasteiger partial charge in [0, 0.05) is 37.8 Å². The number of rotatable bonds is 9. The van der Waals surface area contributed by atoms with Crippen molar-refractivity contribution in [1.82, 2.24) is 5.32 Å². The fourth-order valence-corrected chi connectivity index (χ4v) is 2.34. The smallest absolute Gasteiger partial charge is 0.323 e. The van der Waals surface area contributed by atoms with Gasteiger partial charge >= 0.3 is 5.97 Å². The lowest BCUT2D eigenvalue weighted by Gasteiger charge is -2.24. The molecule has 0 heterocycles. The second-order valence-corrected chi connectivity index (χ2v) is 5.10. The third-order valence-corrected chi connectivity index (χ3v) is 3.45. The van der Waals surface area contributed by atoms with Crippen LogP contribution in [0.4, 0.5) is 0 Å². The van der Waals surface area contributed by atoms with E-state index in [1.54, 1.807) is 0 Å². The van der Waals surface area contributed by atoms with Crippen molar-refractivity contribution in [2.75, 3.05) is 26.4 Å². The molecule has 118 valence electrons. The molecule has 2 unspecified atom stereocenters. The first kappa shape index (κ1) is 17.5. The van der Waals surface area contributed by atoms with Gasteiger partial charge in [0.2, 0.25) is 0 Å². The Hall–Kier alpha value is -1.58. The van der Waals surface area contributed by atoms with E-state index in [0.29, 0.717) is 19.4 Å². The maximum absolute atomic E-state index is 11.9. The van der Waals surface area contributed by atoms with Crippen molar-refractivity contribution >= 4 is 5.97 Å². The van der Waals surface area contributed by atoms with Crippen LogP contribution in [0.2, 0.25) is 0 Å². The highest BCUT2D eigenvalue weighted by Crippen LogP contribution is 2.28. The Morgan fingerprint density at radius 2 is 2.24 bits per heavy atom. The molecule has 3 N–H and O–H groups in total. The summed E-state index contributed by atoms with van der Waals surface area (Å²) in [5.74, 6) is -1.44. The Balaban J connectivity index is 2.56. The minimum atomic E-state index is -0.793. The van der Waals surface area contributed by atoms with Crippen LogP contribution >= 0.6 is 0 Å². The van der Waals surface area contributed by atoms with Crippen LogP contribution in [-0.4, -0.2) is 42.5 Å². The second-order valence-electron chi connectivity index (χ2n) is 5.10. The minimum Gasteiger partial charge on any atom is -0.465 e. The van der Waals surface area contributed by atoms with Crippen LogP contribution in [0, 0.1) is 23.2 Å². The number of carbonyl (C=O) groups excluding carboxylic acids is 1. The van der Waals surface area contributed by atoms with Crippen LogP contribution in [0.1, 0.15) is 32.1 Å². The first-order chi connectivity index (χ1) is 10.2. The predicted molar refractivity (Wildman–Crippen MR) is 76.9 cm³/mol. The fourth-order valence-electron chi connectivity index (χ4n) is 2.34. The van der Waals surface area contributed by atoms with Gasteiger partial charge in [-0.1, -0.05) is 6.08 Å². The van der Waals surface area contributed by atoms with E-state index in [1.165, 1.54) is 0 Å². The number of hydrogen-bond acceptors (Lipinski definition) is 6. The molecule has 0 fully saturated rings. The van der Waals surface area contributed by atoms with Crippen LogP contribution < -0.4 is 5.32 Å². The van der Waals surface area contributed by atoms with Crippen LogP contribution in [0.3, 0.4) is 0 Å². The Morgan fingerprint density at radius 1 is 1.48 bits per heavy atom. The standard InChI is InChI=1S/C15H24N2O4/c16-11-14(15(20)21-9-3-8-19)12-4-1-5-13(10-12)17-6-2-7-18/h10,12,14,17-19H,1-9H2. The first-order valence-electron chi connectivity index (χ1n) is 7.45. The maximum Gasteiger partial charge on any atom is 0.323 e. The van der Waals surface area contributed by atoms with E-state index >= 15 is 0 Å². The molecule has 2 atom stereocenters. The lowest BCUT2D eigenvalue weighted by atomic mass is 9.84. The molecule has 0 bridgehead atoms. The highest BCUT2D eigenvalue weighted by atomic mass is 16.5. The number of aliphatic hydroxyl groups excluding tert-OH is 2. The zero-order valence-corrected chi connectivity index (χ0v) is 12.3. The molecule has 0 aromatic rings. The third kappa shape index (κ3) is 6.15. The van der Waals surface area contributed by atoms with Crippen molar-refractivity contribution in [3.05, 3.63) is 11.8 Å². The molecule has 0 amide bonds. The zero-order valence-electron chi connectivity index (χ0n) is 12.3. The largest absolute Gasteiger partial charge is 0.465 e. The molecule has 0 spiro atoms. The number of ether oxygens (including phenoxy) is 1. The van der Waals surface area contributed by atoms with Crippen LogP contribution in [0.15, 0.2) is 11.8 Å². The average Bonchev–Trinajstić information content (AvgIpc) is 2.49. The van der Waals surface area contributed by atoms with Gasteiger partial charge in [0.25, 0.3) is 0 Å². The minimum absolute atomic E-state index is 0.0350. The van der Waals surface area contributed by atoms with E-state index in [9.17, 15) is 10.1 Å². The van der Waals surface area contributed by atoms with Gasteiger partial charge in [0.05, 0.1) is 12.7 Å². The van der Waals surface area contributed by atoms with Crippen molar-refractivity contribution in [1.29, 1.82) is 5.26 Å². The van der Waals surface area contributed by atoms with Crippen LogP contribution in [0.25, 0.3) is 0 Å². The maximum atomic E-state index is 11.9. The molecule has 6 nitrogen and oxygen atoms in total. The van der Waals surface area contributed by atoms with Gasteiger partial charge in [-0.3, -0.25) is 4.79 Å². The fraction of sp³-hybridized carbons (Fsp3) is 0.733. The number of nitriles is 1. The lowest BCUT2D eigenvalue weighted by Crippen LogP contribution is -2.28. The quantitative estimate of drug-likeness (QED) is 0.428. The molecule has 0 saturated carbocycles. The SMILES string of the molecule is N#CC(C(=O)OCCCO)C1C=C(NCCCO)CCC1. The summed E-state index contributed by atoms with van der Waals surface area (Å²) >= 11 is 0. The molecule has 1 aliphatic rings. The van der Waals surface area contributed by atoms with E-state index in [4.69, 9.17) is 14.9 Å². The predicted octanol–water partition coefficient (Wildman–Crippen LogP) is 0.708. The Morgan fingerprint density at radius 3 is 2.90 bits per heavy atom. The van der Waals surface area contributed by atoms with E-state index < -0.39 is 11.9 Å². The number of esters is 1. The van der Waals surface area contributed by atoms with Crippen molar-refractivity contribution in [3.63, 3.8) is 0 Å². The summed E-state index contributed by atoms with van der Waals surface area (Å²) in [4.78, 5) is 11.9. The number of nitrogens with zero attached hydrogens (tertiary/aromatic N) is 1. The summed E-state index contributed by atoms with van der Waals surface area (Å²) < 4.78 is 5.02. The Labute approximate surface area is 125 Å². The number of carbonyl (C=O) groups is 1. The van der Waals surface area contributed by atoms with Gasteiger partial charge in [-0.05, 0) is 25.7 Å². The number of allylic oxidation sites excluding steroid dienone is 2. The summed E-state index contributed by atoms with van der Waals surface area (Å²) in [6, 6.07) is 2.04. The monoisotopic (exact) mass is 296 g/mol. The number of nitrogens with one attached hydrogen (secondary N) is 1. The number of hydrogen-bond donors (Lipinski definition) is 3. The molecule has 0 radical (unpaired) electrons. The molecule has 21 heavy (non-hydrogen) atoms. The molecular weight excluding hydrogens is 272 g/mol. The summed E-state index contributed by atoms with van der Waals surface area (Å²) in [7, 11) is 0. The van der Waals surface area contributed by atoms with Crippen molar-refractivity contribution in [2.45, 2.75) is 32.1 Å². The van der Waals surface area contributed by atoms with Crippen molar-refractivity contribution in [3.8, 4) is 6.07 Å². The van der Waals surface area contributed by atoms with Crippen molar-refractivity contribution in [2.24, 2.45) is 11.8 Å². The van der Waals surface area contributed by atoms with Crippen LogP contribution in [0.5, 0.6) is 0 Å². The molecular formula is C15H24N2O4. The molecule has 0 aliphatic heterocycles. The summed E-state index contributed by atoms with van der Waals surface area (Å²) in [6.07, 6.45) is 5.62. The van der Waals surface area contributed by atoms with E-state index in [-0.39, 0.29) is 25.7 Å². The van der Waals surface area contributed by atoms with E-state index in [1.807, 2.05) is 12.1 Å². The van der Waals surface area contributed by atoms with Gasteiger partial charge in [-0.15, -0.1) is 0 Å². The molecule has 0 aromatic heterocycles. The Kier molecular flexibility index (Phi) is 8.48. The zero-order chi connectivity index (χ0) is 15.5. The summed E-state index contributed by atoms with van der Waals surface area (Å²) in [6.45, 7) is 0.938. The Bertz CT molecular complexity index is 390. The summed E-state index contributed by atoms with van der Waals surface area (Å²) in [5, 5.41) is 29.9. The molecule has 0 saturated heterocycles. The first-order valence-corrected chi connectivity index (χ1v) is 7.45. The third-order valence-electron chi connectivity index (χ3n) is 3.45. The lowest BCUT2D eigenvalue weighted by molar-refractivity contribution is -0.148. The van der Waals surface area contributed by atoms with Gasteiger partial charge in [0.15, 0.2) is 0 Å². The normalized spacial score (nSPS) is 19.3. The summed E-state index contributed by atoms with van der Waals surface area (Å²) in [5.41, 5.74) is 1.03. The van der Waals surface area contributed by atoms with Crippen LogP contribution in [-0.2, 0) is 9.53 Å². The van der Waals surface area contributed by atoms with Gasteiger partial charge in [-0.25, -0.2) is 0 Å². The van der Waals surface area contributed by atoms with E-state index in [2.05, 4.69) is 5.32 Å². The highest BCUT2D eigenvalue weighted by Gasteiger charge is 2.30. The van der Waals surface area contributed by atoms with E-state index in [0.717, 1.165) is 25.0 Å². The second kappa shape index (κ2) is 10.2.